The van der Waals surface area contributed by atoms with Crippen LogP contribution in [0.25, 0.3) is 0 Å². The molecule has 8 nitrogen and oxygen atoms in total. The van der Waals surface area contributed by atoms with Crippen LogP contribution in [0, 0.1) is 0 Å². The maximum absolute atomic E-state index is 12.5. The highest BCUT2D eigenvalue weighted by atomic mass is 32.2. The molecule has 0 bridgehead atoms. The molecule has 0 aromatic carbocycles. The van der Waals surface area contributed by atoms with Gasteiger partial charge in [0.2, 0.25) is 11.8 Å². The number of carbonyl (C=O) groups is 2. The monoisotopic (exact) mass is 402 g/mol. The minimum Gasteiger partial charge on any atom is -0.355 e. The van der Waals surface area contributed by atoms with Crippen LogP contribution in [0.4, 0.5) is 0 Å². The number of nitrogens with zero attached hydrogens (tertiary/aromatic N) is 2. The fourth-order valence-electron chi connectivity index (χ4n) is 2.68. The van der Waals surface area contributed by atoms with E-state index in [9.17, 15) is 18.0 Å². The summed E-state index contributed by atoms with van der Waals surface area (Å²) in [5.41, 5.74) is 0. The average Bonchev–Trinajstić information content (AvgIpc) is 3.15. The van der Waals surface area contributed by atoms with E-state index in [1.54, 1.807) is 23.3 Å². The van der Waals surface area contributed by atoms with Gasteiger partial charge < -0.3 is 10.2 Å². The number of rotatable bonds is 8. The lowest BCUT2D eigenvalue weighted by molar-refractivity contribution is -0.134. The Morgan fingerprint density at radius 2 is 1.96 bits per heavy atom. The number of hydrogen-bond acceptors (Lipinski definition) is 6. The van der Waals surface area contributed by atoms with Gasteiger partial charge in [0.15, 0.2) is 0 Å². The molecule has 2 heterocycles. The molecule has 0 spiro atoms. The van der Waals surface area contributed by atoms with Crippen LogP contribution in [0.15, 0.2) is 21.7 Å². The van der Waals surface area contributed by atoms with Crippen molar-refractivity contribution in [1.82, 2.24) is 19.8 Å². The first-order valence-electron chi connectivity index (χ1n) is 8.67. The second kappa shape index (κ2) is 9.45. The van der Waals surface area contributed by atoms with E-state index < -0.39 is 16.1 Å². The van der Waals surface area contributed by atoms with Crippen LogP contribution in [0.5, 0.6) is 0 Å². The van der Waals surface area contributed by atoms with Crippen molar-refractivity contribution in [2.24, 2.45) is 0 Å². The van der Waals surface area contributed by atoms with Crippen LogP contribution in [0.2, 0.25) is 0 Å². The van der Waals surface area contributed by atoms with Gasteiger partial charge in [-0.25, -0.2) is 8.42 Å². The molecule has 1 fully saturated rings. The summed E-state index contributed by atoms with van der Waals surface area (Å²) in [4.78, 5) is 27.9. The Bertz CT molecular complexity index is 698. The summed E-state index contributed by atoms with van der Waals surface area (Å²) in [5, 5.41) is 4.51. The zero-order valence-corrected chi connectivity index (χ0v) is 16.7. The van der Waals surface area contributed by atoms with Gasteiger partial charge in [-0.1, -0.05) is 13.0 Å². The SMILES string of the molecule is CCCNC(=O)CN1CCN(C(=O)C(C)NS(=O)(=O)c2cccs2)CC1. The first-order valence-corrected chi connectivity index (χ1v) is 11.0. The van der Waals surface area contributed by atoms with E-state index in [4.69, 9.17) is 0 Å². The number of nitrogens with one attached hydrogen (secondary N) is 2. The fourth-order valence-corrected chi connectivity index (χ4v) is 4.89. The molecule has 2 N–H and O–H groups in total. The Morgan fingerprint density at radius 1 is 1.27 bits per heavy atom. The van der Waals surface area contributed by atoms with E-state index in [1.807, 2.05) is 11.8 Å². The molecule has 2 rings (SSSR count). The molecule has 2 amide bonds. The first kappa shape index (κ1) is 20.8. The molecule has 1 unspecified atom stereocenters. The number of amides is 2. The van der Waals surface area contributed by atoms with Crippen molar-refractivity contribution in [2.75, 3.05) is 39.3 Å². The molecule has 0 aliphatic carbocycles. The van der Waals surface area contributed by atoms with Crippen molar-refractivity contribution >= 4 is 33.2 Å². The first-order chi connectivity index (χ1) is 12.3. The Kier molecular flexibility index (Phi) is 7.56. The normalized spacial score (nSPS) is 17.1. The number of carbonyl (C=O) groups excluding carboxylic acids is 2. The predicted molar refractivity (Wildman–Crippen MR) is 100 cm³/mol. The molecular formula is C16H26N4O4S2. The highest BCUT2D eigenvalue weighted by Gasteiger charge is 2.29. The fraction of sp³-hybridized carbons (Fsp3) is 0.625. The van der Waals surface area contributed by atoms with Gasteiger partial charge in [0, 0.05) is 32.7 Å². The van der Waals surface area contributed by atoms with E-state index >= 15 is 0 Å². The Balaban J connectivity index is 1.81. The Labute approximate surface area is 158 Å². The molecule has 0 saturated carbocycles. The van der Waals surface area contributed by atoms with Crippen LogP contribution in [-0.2, 0) is 19.6 Å². The second-order valence-electron chi connectivity index (χ2n) is 6.23. The van der Waals surface area contributed by atoms with Gasteiger partial charge >= 0.3 is 0 Å². The molecule has 10 heteroatoms. The molecule has 0 radical (unpaired) electrons. The van der Waals surface area contributed by atoms with Crippen LogP contribution in [0.3, 0.4) is 0 Å². The lowest BCUT2D eigenvalue weighted by Gasteiger charge is -2.35. The molecule has 1 aromatic rings. The highest BCUT2D eigenvalue weighted by Crippen LogP contribution is 2.16. The van der Waals surface area contributed by atoms with E-state index in [0.717, 1.165) is 17.8 Å². The zero-order valence-electron chi connectivity index (χ0n) is 15.1. The zero-order chi connectivity index (χ0) is 19.2. The van der Waals surface area contributed by atoms with Gasteiger partial charge in [-0.2, -0.15) is 4.72 Å². The predicted octanol–water partition coefficient (Wildman–Crippen LogP) is 0.0853. The quantitative estimate of drug-likeness (QED) is 0.642. The summed E-state index contributed by atoms with van der Waals surface area (Å²) in [5.74, 6) is -0.260. The molecule has 26 heavy (non-hydrogen) atoms. The van der Waals surface area contributed by atoms with Crippen LogP contribution < -0.4 is 10.0 Å². The van der Waals surface area contributed by atoms with Gasteiger partial charge in [0.05, 0.1) is 12.6 Å². The second-order valence-corrected chi connectivity index (χ2v) is 9.11. The van der Waals surface area contributed by atoms with Gasteiger partial charge in [0.1, 0.15) is 4.21 Å². The summed E-state index contributed by atoms with van der Waals surface area (Å²) in [6.07, 6.45) is 0.896. The largest absolute Gasteiger partial charge is 0.355 e. The van der Waals surface area contributed by atoms with E-state index in [-0.39, 0.29) is 16.0 Å². The van der Waals surface area contributed by atoms with Crippen molar-refractivity contribution in [3.05, 3.63) is 17.5 Å². The third-order valence-corrected chi connectivity index (χ3v) is 7.02. The summed E-state index contributed by atoms with van der Waals surface area (Å²) in [7, 11) is -3.68. The summed E-state index contributed by atoms with van der Waals surface area (Å²) < 4.78 is 27.1. The number of piperazine rings is 1. The topological polar surface area (TPSA) is 98.8 Å². The smallest absolute Gasteiger partial charge is 0.250 e. The number of hydrogen-bond donors (Lipinski definition) is 2. The number of sulfonamides is 1. The Hall–Kier alpha value is -1.49. The van der Waals surface area contributed by atoms with Crippen LogP contribution in [0.1, 0.15) is 20.3 Å². The van der Waals surface area contributed by atoms with E-state index in [1.165, 1.54) is 6.07 Å². The van der Waals surface area contributed by atoms with Crippen molar-refractivity contribution in [2.45, 2.75) is 30.5 Å². The van der Waals surface area contributed by atoms with E-state index in [0.29, 0.717) is 39.3 Å². The third kappa shape index (κ3) is 5.76. The lowest BCUT2D eigenvalue weighted by atomic mass is 10.2. The van der Waals surface area contributed by atoms with Crippen molar-refractivity contribution < 1.29 is 18.0 Å². The Morgan fingerprint density at radius 3 is 2.54 bits per heavy atom. The standard InChI is InChI=1S/C16H26N4O4S2/c1-3-6-17-14(21)12-19-7-9-20(10-8-19)16(22)13(2)18-26(23,24)15-5-4-11-25-15/h4-5,11,13,18H,3,6-10,12H2,1-2H3,(H,17,21). The number of thiophene rings is 1. The molecule has 1 aliphatic heterocycles. The van der Waals surface area contributed by atoms with Crippen molar-refractivity contribution in [3.63, 3.8) is 0 Å². The van der Waals surface area contributed by atoms with Crippen LogP contribution >= 0.6 is 11.3 Å². The molecule has 1 atom stereocenters. The minimum absolute atomic E-state index is 0.0105. The van der Waals surface area contributed by atoms with E-state index in [2.05, 4.69) is 10.0 Å². The minimum atomic E-state index is -3.68. The molecular weight excluding hydrogens is 376 g/mol. The van der Waals surface area contributed by atoms with Gasteiger partial charge in [-0.15, -0.1) is 11.3 Å². The summed E-state index contributed by atoms with van der Waals surface area (Å²) >= 11 is 1.11. The molecule has 1 aliphatic rings. The summed E-state index contributed by atoms with van der Waals surface area (Å²) in [6, 6.07) is 2.33. The van der Waals surface area contributed by atoms with Crippen molar-refractivity contribution in [1.29, 1.82) is 0 Å². The van der Waals surface area contributed by atoms with Gasteiger partial charge in [-0.05, 0) is 24.8 Å². The van der Waals surface area contributed by atoms with Gasteiger partial charge in [-0.3, -0.25) is 14.5 Å². The highest BCUT2D eigenvalue weighted by molar-refractivity contribution is 7.91. The van der Waals surface area contributed by atoms with Crippen molar-refractivity contribution in [3.8, 4) is 0 Å². The lowest BCUT2D eigenvalue weighted by Crippen LogP contribution is -2.55. The van der Waals surface area contributed by atoms with Gasteiger partial charge in [0.25, 0.3) is 10.0 Å². The third-order valence-electron chi connectivity index (χ3n) is 4.09. The summed E-state index contributed by atoms with van der Waals surface area (Å²) in [6.45, 7) is 6.68. The molecule has 1 aromatic heterocycles. The molecule has 146 valence electrons. The maximum Gasteiger partial charge on any atom is 0.250 e. The van der Waals surface area contributed by atoms with Crippen LogP contribution in [-0.4, -0.2) is 75.3 Å². The average molecular weight is 403 g/mol. The maximum atomic E-state index is 12.5. The molecule has 1 saturated heterocycles.